The maximum atomic E-state index is 12.4. The molecule has 1 aromatic heterocycles. The van der Waals surface area contributed by atoms with Crippen molar-refractivity contribution in [1.29, 1.82) is 5.26 Å². The zero-order valence-electron chi connectivity index (χ0n) is 12.6. The van der Waals surface area contributed by atoms with Gasteiger partial charge in [0.15, 0.2) is 0 Å². The Kier molecular flexibility index (Phi) is 5.34. The molecule has 1 aromatic carbocycles. The second kappa shape index (κ2) is 7.43. The van der Waals surface area contributed by atoms with Crippen molar-refractivity contribution in [1.82, 2.24) is 4.57 Å². The van der Waals surface area contributed by atoms with Crippen molar-refractivity contribution in [2.24, 2.45) is 5.73 Å². The minimum absolute atomic E-state index is 0.152. The van der Waals surface area contributed by atoms with Gasteiger partial charge in [0.2, 0.25) is 0 Å². The van der Waals surface area contributed by atoms with E-state index in [1.807, 2.05) is 30.3 Å². The number of nitriles is 1. The highest BCUT2D eigenvalue weighted by atomic mass is 16.5. The van der Waals surface area contributed by atoms with Gasteiger partial charge in [-0.25, -0.2) is 0 Å². The van der Waals surface area contributed by atoms with Crippen LogP contribution in [0.4, 0.5) is 0 Å². The quantitative estimate of drug-likeness (QED) is 0.828. The van der Waals surface area contributed by atoms with Gasteiger partial charge < -0.3 is 15.0 Å². The number of methoxy groups -OCH3 is 1. The van der Waals surface area contributed by atoms with Gasteiger partial charge in [-0.15, -0.1) is 0 Å². The molecule has 5 heteroatoms. The second-order valence-corrected chi connectivity index (χ2v) is 4.93. The van der Waals surface area contributed by atoms with E-state index < -0.39 is 0 Å². The summed E-state index contributed by atoms with van der Waals surface area (Å²) in [5.74, 6) is 0.725. The normalized spacial score (nSPS) is 10.2. The van der Waals surface area contributed by atoms with Gasteiger partial charge in [0.25, 0.3) is 5.56 Å². The van der Waals surface area contributed by atoms with E-state index in [2.05, 4.69) is 0 Å². The summed E-state index contributed by atoms with van der Waals surface area (Å²) in [4.78, 5) is 12.4. The lowest BCUT2D eigenvalue weighted by Gasteiger charge is -2.14. The maximum Gasteiger partial charge on any atom is 0.268 e. The maximum absolute atomic E-state index is 12.4. The van der Waals surface area contributed by atoms with Crippen LogP contribution in [-0.2, 0) is 6.54 Å². The highest BCUT2D eigenvalue weighted by molar-refractivity contribution is 5.62. The van der Waals surface area contributed by atoms with E-state index in [0.717, 1.165) is 29.8 Å². The first kappa shape index (κ1) is 15.8. The van der Waals surface area contributed by atoms with Gasteiger partial charge in [0, 0.05) is 12.1 Å². The number of hydrogen-bond acceptors (Lipinski definition) is 4. The molecule has 0 bridgehead atoms. The fourth-order valence-electron chi connectivity index (χ4n) is 2.33. The SMILES string of the molecule is COc1cccc(-c2ccc(C#N)c(=O)n2CCCCN)c1. The lowest BCUT2D eigenvalue weighted by molar-refractivity contribution is 0.415. The standard InChI is InChI=1S/C17H19N3O2/c1-22-15-6-4-5-13(11-15)16-8-7-14(12-19)17(21)20(16)10-3-2-9-18/h4-8,11H,2-3,9-10,18H2,1H3. The van der Waals surface area contributed by atoms with Crippen LogP contribution in [0.3, 0.4) is 0 Å². The van der Waals surface area contributed by atoms with Gasteiger partial charge in [-0.1, -0.05) is 12.1 Å². The van der Waals surface area contributed by atoms with E-state index in [-0.39, 0.29) is 11.1 Å². The molecule has 1 heterocycles. The lowest BCUT2D eigenvalue weighted by atomic mass is 10.1. The number of nitrogens with zero attached hydrogens (tertiary/aromatic N) is 2. The molecular formula is C17H19N3O2. The molecule has 0 spiro atoms. The Morgan fingerprint density at radius 1 is 1.27 bits per heavy atom. The third kappa shape index (κ3) is 3.35. The van der Waals surface area contributed by atoms with Crippen molar-refractivity contribution in [3.63, 3.8) is 0 Å². The summed E-state index contributed by atoms with van der Waals surface area (Å²) in [6.45, 7) is 1.12. The van der Waals surface area contributed by atoms with Crippen molar-refractivity contribution < 1.29 is 4.74 Å². The van der Waals surface area contributed by atoms with Crippen LogP contribution in [0, 0.1) is 11.3 Å². The van der Waals surface area contributed by atoms with Gasteiger partial charge in [-0.2, -0.15) is 5.26 Å². The monoisotopic (exact) mass is 297 g/mol. The molecule has 0 atom stereocenters. The number of unbranched alkanes of at least 4 members (excludes halogenated alkanes) is 1. The predicted octanol–water partition coefficient (Wildman–Crippen LogP) is 2.13. The molecule has 0 fully saturated rings. The summed E-state index contributed by atoms with van der Waals surface area (Å²) in [5, 5.41) is 9.05. The van der Waals surface area contributed by atoms with Crippen LogP contribution in [0.2, 0.25) is 0 Å². The Labute approximate surface area is 129 Å². The molecule has 2 rings (SSSR count). The molecule has 0 amide bonds. The first-order valence-electron chi connectivity index (χ1n) is 7.19. The Hall–Kier alpha value is -2.58. The van der Waals surface area contributed by atoms with E-state index >= 15 is 0 Å². The topological polar surface area (TPSA) is 81.0 Å². The van der Waals surface area contributed by atoms with Gasteiger partial charge in [-0.3, -0.25) is 4.79 Å². The summed E-state index contributed by atoms with van der Waals surface area (Å²) < 4.78 is 6.88. The summed E-state index contributed by atoms with van der Waals surface area (Å²) >= 11 is 0. The second-order valence-electron chi connectivity index (χ2n) is 4.93. The minimum Gasteiger partial charge on any atom is -0.497 e. The Balaban J connectivity index is 2.52. The Morgan fingerprint density at radius 2 is 2.09 bits per heavy atom. The molecule has 22 heavy (non-hydrogen) atoms. The fraction of sp³-hybridized carbons (Fsp3) is 0.294. The zero-order chi connectivity index (χ0) is 15.9. The number of ether oxygens (including phenoxy) is 1. The molecule has 2 aromatic rings. The molecule has 2 N–H and O–H groups in total. The van der Waals surface area contributed by atoms with Crippen molar-refractivity contribution in [2.45, 2.75) is 19.4 Å². The van der Waals surface area contributed by atoms with Crippen LogP contribution in [0.25, 0.3) is 11.3 Å². The number of nitrogens with two attached hydrogens (primary N) is 1. The summed E-state index contributed by atoms with van der Waals surface area (Å²) in [6.07, 6.45) is 1.63. The van der Waals surface area contributed by atoms with Gasteiger partial charge in [0.05, 0.1) is 12.8 Å². The van der Waals surface area contributed by atoms with Crippen molar-refractivity contribution in [2.75, 3.05) is 13.7 Å². The smallest absolute Gasteiger partial charge is 0.268 e. The predicted molar refractivity (Wildman–Crippen MR) is 85.7 cm³/mol. The highest BCUT2D eigenvalue weighted by Crippen LogP contribution is 2.23. The minimum atomic E-state index is -0.264. The molecule has 0 unspecified atom stereocenters. The van der Waals surface area contributed by atoms with E-state index in [9.17, 15) is 4.79 Å². The van der Waals surface area contributed by atoms with E-state index in [0.29, 0.717) is 13.1 Å². The molecule has 5 nitrogen and oxygen atoms in total. The van der Waals surface area contributed by atoms with Gasteiger partial charge >= 0.3 is 0 Å². The summed E-state index contributed by atoms with van der Waals surface area (Å²) in [6, 6.07) is 12.8. The molecule has 114 valence electrons. The summed E-state index contributed by atoms with van der Waals surface area (Å²) in [7, 11) is 1.60. The number of aromatic nitrogens is 1. The van der Waals surface area contributed by atoms with Crippen LogP contribution < -0.4 is 16.0 Å². The van der Waals surface area contributed by atoms with E-state index in [1.54, 1.807) is 23.8 Å². The van der Waals surface area contributed by atoms with Gasteiger partial charge in [0.1, 0.15) is 17.4 Å². The van der Waals surface area contributed by atoms with Gasteiger partial charge in [-0.05, 0) is 43.7 Å². The number of benzene rings is 1. The van der Waals surface area contributed by atoms with Crippen LogP contribution in [0.1, 0.15) is 18.4 Å². The fourth-order valence-corrected chi connectivity index (χ4v) is 2.33. The van der Waals surface area contributed by atoms with Crippen molar-refractivity contribution in [3.05, 3.63) is 52.3 Å². The third-order valence-electron chi connectivity index (χ3n) is 3.50. The number of hydrogen-bond donors (Lipinski definition) is 1. The van der Waals surface area contributed by atoms with Crippen molar-refractivity contribution in [3.8, 4) is 23.1 Å². The van der Waals surface area contributed by atoms with E-state index in [1.165, 1.54) is 0 Å². The number of rotatable bonds is 6. The summed E-state index contributed by atoms with van der Waals surface area (Å²) in [5.41, 5.74) is 7.07. The lowest BCUT2D eigenvalue weighted by Crippen LogP contribution is -2.24. The molecule has 0 radical (unpaired) electrons. The molecule has 0 saturated heterocycles. The largest absolute Gasteiger partial charge is 0.497 e. The average Bonchev–Trinajstić information content (AvgIpc) is 2.56. The Bertz CT molecular complexity index is 744. The molecule has 0 saturated carbocycles. The number of pyridine rings is 1. The first-order valence-corrected chi connectivity index (χ1v) is 7.19. The third-order valence-corrected chi connectivity index (χ3v) is 3.50. The zero-order valence-corrected chi connectivity index (χ0v) is 12.6. The van der Waals surface area contributed by atoms with Crippen LogP contribution in [-0.4, -0.2) is 18.2 Å². The first-order chi connectivity index (χ1) is 10.7. The van der Waals surface area contributed by atoms with Crippen molar-refractivity contribution >= 4 is 0 Å². The average molecular weight is 297 g/mol. The van der Waals surface area contributed by atoms with Crippen LogP contribution in [0.15, 0.2) is 41.2 Å². The molecule has 0 aliphatic heterocycles. The Morgan fingerprint density at radius 3 is 2.77 bits per heavy atom. The van der Waals surface area contributed by atoms with Crippen LogP contribution >= 0.6 is 0 Å². The van der Waals surface area contributed by atoms with E-state index in [4.69, 9.17) is 15.7 Å². The molecule has 0 aliphatic carbocycles. The molecule has 0 aliphatic rings. The highest BCUT2D eigenvalue weighted by Gasteiger charge is 2.10. The molecular weight excluding hydrogens is 278 g/mol. The van der Waals surface area contributed by atoms with Crippen LogP contribution in [0.5, 0.6) is 5.75 Å².